The Bertz CT molecular complexity index is 496. The predicted octanol–water partition coefficient (Wildman–Crippen LogP) is 1.83. The number of anilines is 1. The van der Waals surface area contributed by atoms with Crippen LogP contribution in [0.1, 0.15) is 17.5 Å². The molecule has 1 fully saturated rings. The average molecular weight is 247 g/mol. The van der Waals surface area contributed by atoms with E-state index in [9.17, 15) is 9.59 Å². The number of carbonyl (C=O) groups excluding carboxylic acids is 2. The van der Waals surface area contributed by atoms with Crippen molar-refractivity contribution in [2.75, 3.05) is 18.6 Å². The Morgan fingerprint density at radius 1 is 1.39 bits per heavy atom. The van der Waals surface area contributed by atoms with Crippen LogP contribution in [-0.4, -0.2) is 25.5 Å². The van der Waals surface area contributed by atoms with Gasteiger partial charge in [-0.3, -0.25) is 9.59 Å². The minimum Gasteiger partial charge on any atom is -0.469 e. The molecule has 2 rings (SSSR count). The van der Waals surface area contributed by atoms with Crippen LogP contribution >= 0.6 is 0 Å². The summed E-state index contributed by atoms with van der Waals surface area (Å²) in [6, 6.07) is 5.98. The average Bonchev–Trinajstić information content (AvgIpc) is 2.73. The molecule has 0 spiro atoms. The molecule has 0 bridgehead atoms. The van der Waals surface area contributed by atoms with Gasteiger partial charge in [-0.15, -0.1) is 0 Å². The summed E-state index contributed by atoms with van der Waals surface area (Å²) in [4.78, 5) is 25.2. The van der Waals surface area contributed by atoms with Crippen LogP contribution in [0.25, 0.3) is 0 Å². The number of hydrogen-bond donors (Lipinski definition) is 0. The number of aryl methyl sites for hydroxylation is 2. The molecule has 0 unspecified atom stereocenters. The highest BCUT2D eigenvalue weighted by molar-refractivity contribution is 6.00. The normalized spacial score (nSPS) is 19.2. The Morgan fingerprint density at radius 2 is 2.11 bits per heavy atom. The summed E-state index contributed by atoms with van der Waals surface area (Å²) in [5.41, 5.74) is 3.04. The number of rotatable bonds is 2. The summed E-state index contributed by atoms with van der Waals surface area (Å²) in [5.74, 6) is -0.669. The minimum absolute atomic E-state index is 0.0147. The van der Waals surface area contributed by atoms with Gasteiger partial charge in [0.2, 0.25) is 5.91 Å². The van der Waals surface area contributed by atoms with Gasteiger partial charge < -0.3 is 9.64 Å². The molecule has 1 amide bonds. The van der Waals surface area contributed by atoms with Crippen molar-refractivity contribution < 1.29 is 14.3 Å². The fourth-order valence-electron chi connectivity index (χ4n) is 2.28. The van der Waals surface area contributed by atoms with Crippen LogP contribution in [0.5, 0.6) is 0 Å². The molecule has 1 atom stereocenters. The van der Waals surface area contributed by atoms with Gasteiger partial charge in [0.1, 0.15) is 0 Å². The van der Waals surface area contributed by atoms with Crippen LogP contribution in [0.3, 0.4) is 0 Å². The van der Waals surface area contributed by atoms with Crippen LogP contribution < -0.4 is 4.90 Å². The summed E-state index contributed by atoms with van der Waals surface area (Å²) in [5, 5.41) is 0. The first-order chi connectivity index (χ1) is 8.52. The van der Waals surface area contributed by atoms with Crippen molar-refractivity contribution in [2.45, 2.75) is 20.3 Å². The van der Waals surface area contributed by atoms with Gasteiger partial charge >= 0.3 is 5.97 Å². The van der Waals surface area contributed by atoms with Crippen molar-refractivity contribution in [1.29, 1.82) is 0 Å². The monoisotopic (exact) mass is 247 g/mol. The number of methoxy groups -OCH3 is 1. The molecule has 4 nitrogen and oxygen atoms in total. The fourth-order valence-corrected chi connectivity index (χ4v) is 2.28. The van der Waals surface area contributed by atoms with E-state index >= 15 is 0 Å². The molecule has 4 heteroatoms. The molecule has 1 aliphatic heterocycles. The van der Waals surface area contributed by atoms with Gasteiger partial charge in [0, 0.05) is 18.7 Å². The lowest BCUT2D eigenvalue weighted by Crippen LogP contribution is -2.26. The van der Waals surface area contributed by atoms with Gasteiger partial charge in [0.25, 0.3) is 0 Å². The van der Waals surface area contributed by atoms with E-state index in [1.54, 1.807) is 4.90 Å². The van der Waals surface area contributed by atoms with Crippen LogP contribution in [0.15, 0.2) is 18.2 Å². The van der Waals surface area contributed by atoms with Crippen molar-refractivity contribution in [3.05, 3.63) is 29.3 Å². The highest BCUT2D eigenvalue weighted by Gasteiger charge is 2.36. The Hall–Kier alpha value is -1.84. The molecular formula is C14H17NO3. The lowest BCUT2D eigenvalue weighted by molar-refractivity contribution is -0.145. The van der Waals surface area contributed by atoms with Crippen molar-refractivity contribution in [2.24, 2.45) is 5.92 Å². The number of benzene rings is 1. The van der Waals surface area contributed by atoms with Gasteiger partial charge in [0.05, 0.1) is 13.0 Å². The zero-order chi connectivity index (χ0) is 13.3. The quantitative estimate of drug-likeness (QED) is 0.749. The minimum atomic E-state index is -0.345. The third-order valence-corrected chi connectivity index (χ3v) is 3.31. The summed E-state index contributed by atoms with van der Waals surface area (Å²) in [6.45, 7) is 4.37. The molecule has 1 aliphatic rings. The molecule has 0 aromatic heterocycles. The van der Waals surface area contributed by atoms with E-state index in [0.717, 1.165) is 16.8 Å². The molecule has 0 aliphatic carbocycles. The molecular weight excluding hydrogens is 230 g/mol. The molecule has 1 heterocycles. The maximum Gasteiger partial charge on any atom is 0.311 e. The predicted molar refractivity (Wildman–Crippen MR) is 68.4 cm³/mol. The molecule has 0 radical (unpaired) electrons. The summed E-state index contributed by atoms with van der Waals surface area (Å²) < 4.78 is 4.70. The summed E-state index contributed by atoms with van der Waals surface area (Å²) in [6.07, 6.45) is 0.236. The zero-order valence-corrected chi connectivity index (χ0v) is 10.9. The lowest BCUT2D eigenvalue weighted by atomic mass is 10.1. The first-order valence-electron chi connectivity index (χ1n) is 5.98. The topological polar surface area (TPSA) is 46.6 Å². The van der Waals surface area contributed by atoms with Crippen molar-refractivity contribution in [3.8, 4) is 0 Å². The third kappa shape index (κ3) is 2.23. The highest BCUT2D eigenvalue weighted by Crippen LogP contribution is 2.29. The third-order valence-electron chi connectivity index (χ3n) is 3.31. The number of carbonyl (C=O) groups is 2. The number of amides is 1. The molecule has 18 heavy (non-hydrogen) atoms. The SMILES string of the molecule is COC(=O)[C@H]1CC(=O)N(c2cc(C)ccc2C)C1. The molecule has 0 saturated carbocycles. The molecule has 1 saturated heterocycles. The highest BCUT2D eigenvalue weighted by atomic mass is 16.5. The zero-order valence-electron chi connectivity index (χ0n) is 10.9. The van der Waals surface area contributed by atoms with Crippen LogP contribution in [0.4, 0.5) is 5.69 Å². The second kappa shape index (κ2) is 4.80. The second-order valence-electron chi connectivity index (χ2n) is 4.72. The Labute approximate surface area is 107 Å². The van der Waals surface area contributed by atoms with E-state index in [-0.39, 0.29) is 24.2 Å². The van der Waals surface area contributed by atoms with Gasteiger partial charge in [-0.05, 0) is 31.0 Å². The van der Waals surface area contributed by atoms with Crippen LogP contribution in [0.2, 0.25) is 0 Å². The first-order valence-corrected chi connectivity index (χ1v) is 5.98. The van der Waals surface area contributed by atoms with Crippen LogP contribution in [0, 0.1) is 19.8 Å². The molecule has 96 valence electrons. The Kier molecular flexibility index (Phi) is 3.36. The van der Waals surface area contributed by atoms with E-state index in [1.807, 2.05) is 32.0 Å². The number of hydrogen-bond acceptors (Lipinski definition) is 3. The van der Waals surface area contributed by atoms with Gasteiger partial charge in [0.15, 0.2) is 0 Å². The van der Waals surface area contributed by atoms with Gasteiger partial charge in [-0.25, -0.2) is 0 Å². The lowest BCUT2D eigenvalue weighted by Gasteiger charge is -2.19. The number of ether oxygens (including phenoxy) is 1. The summed E-state index contributed by atoms with van der Waals surface area (Å²) in [7, 11) is 1.35. The number of esters is 1. The number of nitrogens with zero attached hydrogens (tertiary/aromatic N) is 1. The Balaban J connectivity index is 2.27. The van der Waals surface area contributed by atoms with Crippen LogP contribution in [-0.2, 0) is 14.3 Å². The Morgan fingerprint density at radius 3 is 2.78 bits per heavy atom. The fraction of sp³-hybridized carbons (Fsp3) is 0.429. The maximum absolute atomic E-state index is 12.0. The van der Waals surface area contributed by atoms with Gasteiger partial charge in [-0.1, -0.05) is 12.1 Å². The standard InChI is InChI=1S/C14H17NO3/c1-9-4-5-10(2)12(6-9)15-8-11(7-13(15)16)14(17)18-3/h4-6,11H,7-8H2,1-3H3/t11-/m0/s1. The second-order valence-corrected chi connectivity index (χ2v) is 4.72. The summed E-state index contributed by atoms with van der Waals surface area (Å²) >= 11 is 0. The van der Waals surface area contributed by atoms with E-state index in [2.05, 4.69) is 0 Å². The molecule has 1 aromatic carbocycles. The van der Waals surface area contributed by atoms with Gasteiger partial charge in [-0.2, -0.15) is 0 Å². The van der Waals surface area contributed by atoms with Crippen molar-refractivity contribution in [3.63, 3.8) is 0 Å². The van der Waals surface area contributed by atoms with E-state index in [0.29, 0.717) is 6.54 Å². The first kappa shape index (κ1) is 12.6. The smallest absolute Gasteiger partial charge is 0.311 e. The van der Waals surface area contributed by atoms with E-state index in [1.165, 1.54) is 7.11 Å². The van der Waals surface area contributed by atoms with Crippen molar-refractivity contribution in [1.82, 2.24) is 0 Å². The van der Waals surface area contributed by atoms with E-state index < -0.39 is 0 Å². The van der Waals surface area contributed by atoms with E-state index in [4.69, 9.17) is 4.74 Å². The molecule has 0 N–H and O–H groups in total. The largest absolute Gasteiger partial charge is 0.469 e. The maximum atomic E-state index is 12.0. The molecule has 1 aromatic rings. The van der Waals surface area contributed by atoms with Crippen molar-refractivity contribution >= 4 is 17.6 Å².